The number of hydrogen-bond acceptors (Lipinski definition) is 7. The first-order chi connectivity index (χ1) is 11.5. The van der Waals surface area contributed by atoms with Crippen LogP contribution in [-0.4, -0.2) is 43.7 Å². The van der Waals surface area contributed by atoms with Gasteiger partial charge in [-0.1, -0.05) is 6.07 Å². The molecule has 9 heteroatoms. The summed E-state index contributed by atoms with van der Waals surface area (Å²) in [5, 5.41) is 2.72. The summed E-state index contributed by atoms with van der Waals surface area (Å²) in [6.45, 7) is 7.20. The van der Waals surface area contributed by atoms with Crippen molar-refractivity contribution in [3.8, 4) is 0 Å². The first-order valence-electron chi connectivity index (χ1n) is 7.88. The summed E-state index contributed by atoms with van der Waals surface area (Å²) >= 11 is 0. The molecular formula is C16H22N2O6S. The molecule has 1 amide bonds. The largest absolute Gasteiger partial charge is 0.444 e. The average molecular weight is 370 g/mol. The lowest BCUT2D eigenvalue weighted by molar-refractivity contribution is 0.0224. The fourth-order valence-corrected chi connectivity index (χ4v) is 3.68. The van der Waals surface area contributed by atoms with Gasteiger partial charge in [0.2, 0.25) is 0 Å². The lowest BCUT2D eigenvalue weighted by Crippen LogP contribution is -2.39. The second-order valence-corrected chi connectivity index (χ2v) is 8.55. The second-order valence-electron chi connectivity index (χ2n) is 6.98. The molecule has 138 valence electrons. The highest BCUT2D eigenvalue weighted by molar-refractivity contribution is 7.86. The smallest absolute Gasteiger partial charge is 0.410 e. The highest BCUT2D eigenvalue weighted by atomic mass is 32.2. The van der Waals surface area contributed by atoms with Crippen molar-refractivity contribution in [1.29, 1.82) is 0 Å². The Bertz CT molecular complexity index is 756. The molecule has 25 heavy (non-hydrogen) atoms. The van der Waals surface area contributed by atoms with E-state index in [2.05, 4.69) is 5.18 Å². The van der Waals surface area contributed by atoms with E-state index in [9.17, 15) is 18.1 Å². The van der Waals surface area contributed by atoms with Gasteiger partial charge in [-0.05, 0) is 57.5 Å². The summed E-state index contributed by atoms with van der Waals surface area (Å²) in [5.74, 6) is 0. The summed E-state index contributed by atoms with van der Waals surface area (Å²) < 4.78 is 35.3. The highest BCUT2D eigenvalue weighted by Gasteiger charge is 2.38. The maximum Gasteiger partial charge on any atom is 0.410 e. The van der Waals surface area contributed by atoms with Gasteiger partial charge in [0.05, 0.1) is 17.5 Å². The van der Waals surface area contributed by atoms with Gasteiger partial charge in [0, 0.05) is 6.04 Å². The molecule has 2 rings (SSSR count). The quantitative estimate of drug-likeness (QED) is 0.596. The van der Waals surface area contributed by atoms with Crippen molar-refractivity contribution < 1.29 is 22.1 Å². The molecule has 0 saturated carbocycles. The molecule has 0 unspecified atom stereocenters. The van der Waals surface area contributed by atoms with Crippen LogP contribution < -0.4 is 0 Å². The molecule has 1 aliphatic rings. The zero-order valence-electron chi connectivity index (χ0n) is 14.6. The van der Waals surface area contributed by atoms with Crippen LogP contribution in [-0.2, 0) is 19.0 Å². The molecule has 1 heterocycles. The molecule has 1 saturated heterocycles. The van der Waals surface area contributed by atoms with E-state index in [0.29, 0.717) is 6.42 Å². The van der Waals surface area contributed by atoms with Crippen molar-refractivity contribution in [1.82, 2.24) is 4.90 Å². The third kappa shape index (κ3) is 4.99. The Balaban J connectivity index is 2.08. The van der Waals surface area contributed by atoms with E-state index in [1.54, 1.807) is 27.7 Å². The van der Waals surface area contributed by atoms with Gasteiger partial charge in [0.1, 0.15) is 11.3 Å². The number of carbonyl (C=O) groups is 1. The molecule has 2 atom stereocenters. The maximum absolute atomic E-state index is 12.4. The Morgan fingerprint density at radius 1 is 1.32 bits per heavy atom. The van der Waals surface area contributed by atoms with Crippen LogP contribution in [0.25, 0.3) is 0 Å². The van der Waals surface area contributed by atoms with Crippen molar-refractivity contribution in [2.75, 3.05) is 6.54 Å². The first kappa shape index (κ1) is 19.3. The van der Waals surface area contributed by atoms with E-state index >= 15 is 0 Å². The lowest BCUT2D eigenvalue weighted by Gasteiger charge is -2.26. The number of carbonyl (C=O) groups excluding carboxylic acids is 1. The summed E-state index contributed by atoms with van der Waals surface area (Å²) in [7, 11) is -4.06. The fraction of sp³-hybridized carbons (Fsp3) is 0.562. The van der Waals surface area contributed by atoms with E-state index in [0.717, 1.165) is 6.07 Å². The minimum Gasteiger partial charge on any atom is -0.444 e. The van der Waals surface area contributed by atoms with Gasteiger partial charge < -0.3 is 9.64 Å². The third-order valence-electron chi connectivity index (χ3n) is 3.64. The topological polar surface area (TPSA) is 102 Å². The number of hydrogen-bond donors (Lipinski definition) is 0. The molecule has 0 aliphatic carbocycles. The van der Waals surface area contributed by atoms with E-state index < -0.39 is 27.9 Å². The van der Waals surface area contributed by atoms with Gasteiger partial charge in [-0.15, -0.1) is 4.91 Å². The lowest BCUT2D eigenvalue weighted by atomic mass is 10.2. The first-order valence-corrected chi connectivity index (χ1v) is 9.29. The molecule has 8 nitrogen and oxygen atoms in total. The van der Waals surface area contributed by atoms with E-state index in [-0.39, 0.29) is 23.2 Å². The predicted octanol–water partition coefficient (Wildman–Crippen LogP) is 3.19. The number of amides is 1. The molecule has 1 aromatic carbocycles. The fourth-order valence-electron chi connectivity index (χ4n) is 2.56. The molecule has 0 aromatic heterocycles. The van der Waals surface area contributed by atoms with Crippen LogP contribution in [0, 0.1) is 4.91 Å². The van der Waals surface area contributed by atoms with Gasteiger partial charge in [0.15, 0.2) is 0 Å². The Morgan fingerprint density at radius 2 is 2.00 bits per heavy atom. The van der Waals surface area contributed by atoms with Gasteiger partial charge in [-0.3, -0.25) is 4.18 Å². The summed E-state index contributed by atoms with van der Waals surface area (Å²) in [4.78, 5) is 24.1. The minimum absolute atomic E-state index is 0.000142. The molecule has 1 fully saturated rings. The summed E-state index contributed by atoms with van der Waals surface area (Å²) in [6, 6.07) is 5.07. The molecule has 0 bridgehead atoms. The normalized spacial score (nSPS) is 21.2. The number of benzene rings is 1. The number of rotatable bonds is 4. The van der Waals surface area contributed by atoms with Crippen LogP contribution in [0.1, 0.15) is 34.1 Å². The zero-order valence-corrected chi connectivity index (χ0v) is 15.4. The van der Waals surface area contributed by atoms with Crippen LogP contribution in [0.15, 0.2) is 34.3 Å². The van der Waals surface area contributed by atoms with Crippen LogP contribution in [0.3, 0.4) is 0 Å². The maximum atomic E-state index is 12.4. The molecule has 0 radical (unpaired) electrons. The van der Waals surface area contributed by atoms with Crippen molar-refractivity contribution in [3.05, 3.63) is 29.2 Å². The summed E-state index contributed by atoms with van der Waals surface area (Å²) in [6.07, 6.45) is -0.819. The van der Waals surface area contributed by atoms with Crippen LogP contribution in [0.4, 0.5) is 10.5 Å². The Morgan fingerprint density at radius 3 is 2.60 bits per heavy atom. The second kappa shape index (κ2) is 7.09. The Kier molecular flexibility index (Phi) is 5.48. The average Bonchev–Trinajstić information content (AvgIpc) is 2.85. The van der Waals surface area contributed by atoms with E-state index in [1.165, 1.54) is 23.1 Å². The number of nitroso groups, excluding NO2 is 1. The van der Waals surface area contributed by atoms with Gasteiger partial charge >= 0.3 is 6.09 Å². The standard InChI is InChI=1S/C16H22N2O6S/c1-11-8-13(10-18(11)15(19)23-16(2,3)4)24-25(21,22)14-7-5-6-12(9-14)17-20/h5-7,9,11,13H,8,10H2,1-4H3/t11-,13+/m0/s1. The van der Waals surface area contributed by atoms with Gasteiger partial charge in [-0.2, -0.15) is 8.42 Å². The predicted molar refractivity (Wildman–Crippen MR) is 91.0 cm³/mol. The Labute approximate surface area is 147 Å². The molecule has 0 N–H and O–H groups in total. The number of likely N-dealkylation sites (tertiary alicyclic amines) is 1. The Hall–Kier alpha value is -2.00. The summed E-state index contributed by atoms with van der Waals surface area (Å²) in [5.41, 5.74) is -0.635. The van der Waals surface area contributed by atoms with Crippen molar-refractivity contribution in [3.63, 3.8) is 0 Å². The molecule has 1 aliphatic heterocycles. The SMILES string of the molecule is C[C@H]1C[C@@H](OS(=O)(=O)c2cccc(N=O)c2)CN1C(=O)OC(C)(C)C. The minimum atomic E-state index is -4.06. The highest BCUT2D eigenvalue weighted by Crippen LogP contribution is 2.27. The third-order valence-corrected chi connectivity index (χ3v) is 5.00. The number of nitrogens with zero attached hydrogens (tertiary/aromatic N) is 2. The zero-order chi connectivity index (χ0) is 18.8. The monoisotopic (exact) mass is 370 g/mol. The number of ether oxygens (including phenoxy) is 1. The van der Waals surface area contributed by atoms with Crippen molar-refractivity contribution in [2.45, 2.75) is 56.8 Å². The van der Waals surface area contributed by atoms with Crippen LogP contribution in [0.2, 0.25) is 0 Å². The van der Waals surface area contributed by atoms with Crippen LogP contribution >= 0.6 is 0 Å². The van der Waals surface area contributed by atoms with E-state index in [4.69, 9.17) is 8.92 Å². The van der Waals surface area contributed by atoms with Crippen LogP contribution in [0.5, 0.6) is 0 Å². The molecular weight excluding hydrogens is 348 g/mol. The van der Waals surface area contributed by atoms with Gasteiger partial charge in [0.25, 0.3) is 10.1 Å². The van der Waals surface area contributed by atoms with E-state index in [1.807, 2.05) is 0 Å². The van der Waals surface area contributed by atoms with Gasteiger partial charge in [-0.25, -0.2) is 4.79 Å². The molecule has 1 aromatic rings. The van der Waals surface area contributed by atoms with Crippen molar-refractivity contribution in [2.24, 2.45) is 5.18 Å². The van der Waals surface area contributed by atoms with Crippen molar-refractivity contribution >= 4 is 21.9 Å². The molecule has 0 spiro atoms.